The van der Waals surface area contributed by atoms with E-state index in [1.54, 1.807) is 12.1 Å². The van der Waals surface area contributed by atoms with Gasteiger partial charge in [-0.1, -0.05) is 130 Å². The minimum atomic E-state index is -4.34. The number of alkyl halides is 3. The van der Waals surface area contributed by atoms with E-state index in [-0.39, 0.29) is 25.7 Å². The molecule has 1 saturated heterocycles. The molecule has 2 nitrogen and oxygen atoms in total. The second-order valence-corrected chi connectivity index (χ2v) is 19.4. The van der Waals surface area contributed by atoms with E-state index in [0.29, 0.717) is 35.1 Å². The van der Waals surface area contributed by atoms with Gasteiger partial charge < -0.3 is 17.3 Å². The third-order valence-corrected chi connectivity index (χ3v) is 13.8. The summed E-state index contributed by atoms with van der Waals surface area (Å²) in [6.07, 6.45) is 20.8. The summed E-state index contributed by atoms with van der Waals surface area (Å²) in [5.41, 5.74) is 1.78. The maximum absolute atomic E-state index is 13.2. The van der Waals surface area contributed by atoms with Crippen LogP contribution in [0.25, 0.3) is 10.9 Å². The average Bonchev–Trinajstić information content (AvgIpc) is 3.51. The molecule has 1 saturated carbocycles. The van der Waals surface area contributed by atoms with Crippen molar-refractivity contribution >= 4 is 32.4 Å². The average molecular weight is 668 g/mol. The number of allylic oxidation sites excluding steroid dienone is 10. The van der Waals surface area contributed by atoms with Crippen LogP contribution in [-0.4, -0.2) is 31.1 Å². The summed E-state index contributed by atoms with van der Waals surface area (Å²) >= 11 is -0.556. The standard InChI is InChI=1S/C32H36F3N2Si.CH3.2ClH.Ti/c1-20(2)31-36-29-23(21-16-18-22(19-17-21)32(33,34)35)14-9-15-28(29)37(31)38(3,4)30-26-12-7-5-10-24(26)25-11-6-8-13-27(25)30;;;;/h5-20,24-31H,1-4H3;1H3;2*1H;/q2*-1;;;+2/p-2/t24?,25?,26?,27?,28-,29?,30?,31+;;;;/m1..../s1. The summed E-state index contributed by atoms with van der Waals surface area (Å²) < 4.78 is 42.4. The van der Waals surface area contributed by atoms with Gasteiger partial charge >= 0.3 is 41.8 Å². The Kier molecular flexibility index (Phi) is 10.8. The number of hydrogen-bond acceptors (Lipinski definition) is 1. The molecule has 5 aliphatic rings. The summed E-state index contributed by atoms with van der Waals surface area (Å²) in [6, 6.07) is 5.66. The molecule has 0 bridgehead atoms. The normalized spacial score (nSPS) is 32.9. The topological polar surface area (TPSA) is 17.3 Å². The van der Waals surface area contributed by atoms with Gasteiger partial charge in [0.15, 0.2) is 0 Å². The van der Waals surface area contributed by atoms with E-state index in [4.69, 9.17) is 23.9 Å². The van der Waals surface area contributed by atoms with Gasteiger partial charge in [-0.15, -0.1) is 0 Å². The first-order valence-corrected chi connectivity index (χ1v) is 21.5. The first-order valence-electron chi connectivity index (χ1n) is 14.2. The fraction of sp³-hybridized carbons (Fsp3) is 0.424. The second-order valence-electron chi connectivity index (χ2n) is 12.3. The zero-order valence-corrected chi connectivity index (χ0v) is 28.7. The van der Waals surface area contributed by atoms with Crippen LogP contribution in [0.4, 0.5) is 13.2 Å². The number of fused-ring (bicyclic) bond motifs is 4. The summed E-state index contributed by atoms with van der Waals surface area (Å²) in [7, 11) is 7.67. The number of benzene rings is 1. The zero-order valence-electron chi connectivity index (χ0n) is 24.6. The van der Waals surface area contributed by atoms with Crippen LogP contribution in [0.5, 0.6) is 0 Å². The van der Waals surface area contributed by atoms with Crippen molar-refractivity contribution in [1.29, 1.82) is 0 Å². The summed E-state index contributed by atoms with van der Waals surface area (Å²) in [6.45, 7) is 9.57. The summed E-state index contributed by atoms with van der Waals surface area (Å²) in [4.78, 5) is 0. The molecule has 1 heterocycles. The molecule has 6 rings (SSSR count). The van der Waals surface area contributed by atoms with Gasteiger partial charge in [-0.2, -0.15) is 13.2 Å². The van der Waals surface area contributed by atoms with Gasteiger partial charge in [0, 0.05) is 6.04 Å². The van der Waals surface area contributed by atoms with Gasteiger partial charge in [0.1, 0.15) is 8.24 Å². The predicted octanol–water partition coefficient (Wildman–Crippen LogP) is 10.2. The quantitative estimate of drug-likeness (QED) is 0.231. The molecule has 0 radical (unpaired) electrons. The fourth-order valence-corrected chi connectivity index (χ4v) is 12.9. The number of halogens is 5. The van der Waals surface area contributed by atoms with E-state index in [0.717, 1.165) is 11.1 Å². The SMILES string of the molecule is CC(C)[C@H]1[N-]C2C(c3ccc(C(F)(F)F)cc3)=CC=C[C@H]2N1[Si](C)(C)C1C2C=CC=CC2C2C=CC=CC21.[CH3-].[Cl][Ti][Cl]. The molecule has 226 valence electrons. The van der Waals surface area contributed by atoms with Crippen LogP contribution in [0.15, 0.2) is 91.1 Å². The van der Waals surface area contributed by atoms with Gasteiger partial charge in [-0.3, -0.25) is 0 Å². The molecule has 1 aliphatic heterocycles. The van der Waals surface area contributed by atoms with Crippen LogP contribution in [0.3, 0.4) is 0 Å². The van der Waals surface area contributed by atoms with E-state index >= 15 is 0 Å². The monoisotopic (exact) mass is 666 g/mol. The molecule has 0 amide bonds. The Bertz CT molecular complexity index is 1250. The van der Waals surface area contributed by atoms with Crippen molar-refractivity contribution < 1.29 is 30.2 Å². The van der Waals surface area contributed by atoms with Gasteiger partial charge in [0.2, 0.25) is 0 Å². The molecule has 9 heteroatoms. The molecule has 1 aromatic rings. The molecule has 7 atom stereocenters. The number of rotatable bonds is 4. The van der Waals surface area contributed by atoms with E-state index in [1.165, 1.54) is 12.1 Å². The van der Waals surface area contributed by atoms with Crippen LogP contribution in [0.1, 0.15) is 25.0 Å². The first-order chi connectivity index (χ1) is 19.5. The molecule has 0 spiro atoms. The Balaban J connectivity index is 0.000000972. The van der Waals surface area contributed by atoms with Gasteiger partial charge in [-0.05, 0) is 46.9 Å². The van der Waals surface area contributed by atoms with Crippen molar-refractivity contribution in [2.24, 2.45) is 29.6 Å². The summed E-state index contributed by atoms with van der Waals surface area (Å²) in [5, 5.41) is 5.42. The second kappa shape index (κ2) is 13.5. The zero-order chi connectivity index (χ0) is 29.5. The molecular weight excluding hydrogens is 628 g/mol. The molecule has 0 N–H and O–H groups in total. The number of hydrogen-bond donors (Lipinski definition) is 0. The predicted molar refractivity (Wildman–Crippen MR) is 170 cm³/mol. The van der Waals surface area contributed by atoms with Gasteiger partial charge in [-0.25, -0.2) is 0 Å². The maximum atomic E-state index is 13.2. The molecule has 4 aliphatic carbocycles. The minimum absolute atomic E-state index is 0. The van der Waals surface area contributed by atoms with Crippen molar-refractivity contribution in [3.05, 3.63) is 115 Å². The molecule has 5 unspecified atom stereocenters. The molecular formula is C33H39Cl2F3N2SiTi-2. The van der Waals surface area contributed by atoms with Crippen molar-refractivity contribution in [2.75, 3.05) is 0 Å². The Morgan fingerprint density at radius 3 is 1.81 bits per heavy atom. The first kappa shape index (κ1) is 33.8. The van der Waals surface area contributed by atoms with Crippen LogP contribution in [0, 0.1) is 37.0 Å². The van der Waals surface area contributed by atoms with E-state index < -0.39 is 37.0 Å². The van der Waals surface area contributed by atoms with Crippen molar-refractivity contribution in [2.45, 2.75) is 56.9 Å². The molecule has 1 aromatic carbocycles. The van der Waals surface area contributed by atoms with Crippen molar-refractivity contribution in [3.8, 4) is 0 Å². The van der Waals surface area contributed by atoms with Crippen molar-refractivity contribution in [3.63, 3.8) is 0 Å². The van der Waals surface area contributed by atoms with Crippen molar-refractivity contribution in [1.82, 2.24) is 4.57 Å². The van der Waals surface area contributed by atoms with Crippen LogP contribution >= 0.6 is 18.6 Å². The molecule has 0 aromatic heterocycles. The van der Waals surface area contributed by atoms with Gasteiger partial charge in [0.25, 0.3) is 0 Å². The third kappa shape index (κ3) is 6.20. The summed E-state index contributed by atoms with van der Waals surface area (Å²) in [5.74, 6) is 2.41. The molecule has 42 heavy (non-hydrogen) atoms. The third-order valence-electron chi connectivity index (χ3n) is 9.49. The van der Waals surface area contributed by atoms with E-state index in [2.05, 4.69) is 92.3 Å². The van der Waals surface area contributed by atoms with Gasteiger partial charge in [0.05, 0.1) is 5.56 Å². The Morgan fingerprint density at radius 2 is 1.33 bits per heavy atom. The number of nitrogens with zero attached hydrogens (tertiary/aromatic N) is 2. The van der Waals surface area contributed by atoms with E-state index in [9.17, 15) is 13.2 Å². The van der Waals surface area contributed by atoms with E-state index in [1.807, 2.05) is 6.08 Å². The van der Waals surface area contributed by atoms with Crippen LogP contribution in [0.2, 0.25) is 18.6 Å². The Labute approximate surface area is 267 Å². The van der Waals surface area contributed by atoms with Crippen LogP contribution < -0.4 is 0 Å². The van der Waals surface area contributed by atoms with Crippen LogP contribution in [-0.2, 0) is 23.2 Å². The molecule has 2 fully saturated rings. The Hall–Kier alpha value is -1.12. The fourth-order valence-electron chi connectivity index (χ4n) is 7.97. The Morgan fingerprint density at radius 1 is 0.833 bits per heavy atom.